The molecule has 2 aliphatic heterocycles. The predicted molar refractivity (Wildman–Crippen MR) is 259 cm³/mol. The topological polar surface area (TPSA) is 92.3 Å². The van der Waals surface area contributed by atoms with Gasteiger partial charge in [0.2, 0.25) is 0 Å². The minimum atomic E-state index is -0.862. The molecule has 0 saturated carbocycles. The van der Waals surface area contributed by atoms with Crippen molar-refractivity contribution in [1.29, 1.82) is 0 Å². The summed E-state index contributed by atoms with van der Waals surface area (Å²) < 4.78 is 31.0. The first-order valence-electron chi connectivity index (χ1n) is 23.0. The van der Waals surface area contributed by atoms with Gasteiger partial charge in [-0.1, -0.05) is 111 Å². The Labute approximate surface area is 397 Å². The fraction of sp³-hybridized carbons (Fsp3) is 0.552. The molecule has 1 N–H and O–H groups in total. The van der Waals surface area contributed by atoms with E-state index in [9.17, 15) is 9.59 Å². The van der Waals surface area contributed by atoms with E-state index in [0.717, 1.165) is 19.3 Å². The summed E-state index contributed by atoms with van der Waals surface area (Å²) in [5.74, 6) is 59.7. The summed E-state index contributed by atoms with van der Waals surface area (Å²) in [7, 11) is 0. The maximum absolute atomic E-state index is 13.3. The number of rotatable bonds is 20. The van der Waals surface area contributed by atoms with E-state index in [1.54, 1.807) is 6.92 Å². The highest BCUT2D eigenvalue weighted by Gasteiger charge is 2.46. The summed E-state index contributed by atoms with van der Waals surface area (Å²) in [6.45, 7) is 15.6. The molecule has 2 fully saturated rings. The number of esters is 1. The Morgan fingerprint density at radius 1 is 0.576 bits per heavy atom. The number of carbonyl (C=O) groups is 2. The highest BCUT2D eigenvalue weighted by Crippen LogP contribution is 2.37. The van der Waals surface area contributed by atoms with Crippen molar-refractivity contribution in [3.05, 3.63) is 0 Å². The lowest BCUT2D eigenvalue weighted by molar-refractivity contribution is -0.259. The fourth-order valence-electron chi connectivity index (χ4n) is 7.08. The zero-order valence-electron chi connectivity index (χ0n) is 40.1. The molecule has 2 heterocycles. The van der Waals surface area contributed by atoms with E-state index < -0.39 is 30.1 Å². The van der Waals surface area contributed by atoms with Crippen molar-refractivity contribution < 1.29 is 33.3 Å². The summed E-state index contributed by atoms with van der Waals surface area (Å²) in [6, 6.07) is -0.619. The molecular formula is C58H63NO7. The third-order valence-electron chi connectivity index (χ3n) is 10.8. The van der Waals surface area contributed by atoms with Crippen LogP contribution in [0.1, 0.15) is 139 Å². The number of unbranched alkanes of at least 4 members (excludes halogenated alkanes) is 11. The SMILES string of the molecule is CC#CC#CC#CC#CC#CC#CC#CC#CC#CC#CC#CC#CC(=O)N[C@@H](CO[C@H]1OC(COC(C)=O)[C@@H](C)[C@H](C)C1C)[C@@H]1OC(C)(C)O[C@@H]1CCCCCCCCCCCCCC. The van der Waals surface area contributed by atoms with Crippen molar-refractivity contribution in [1.82, 2.24) is 5.32 Å². The number of amides is 1. The van der Waals surface area contributed by atoms with Crippen LogP contribution < -0.4 is 5.32 Å². The highest BCUT2D eigenvalue weighted by molar-refractivity contribution is 5.94. The lowest BCUT2D eigenvalue weighted by atomic mass is 9.79. The summed E-state index contributed by atoms with van der Waals surface area (Å²) in [5.41, 5.74) is 0. The first kappa shape index (κ1) is 55.6. The smallest absolute Gasteiger partial charge is 0.302 e. The second-order valence-corrected chi connectivity index (χ2v) is 16.3. The predicted octanol–water partition coefficient (Wildman–Crippen LogP) is 7.36. The number of carbonyl (C=O) groups excluding carboxylic acids is 2. The Morgan fingerprint density at radius 2 is 1.02 bits per heavy atom. The quantitative estimate of drug-likeness (QED) is 0.0777. The Bertz CT molecular complexity index is 2390. The van der Waals surface area contributed by atoms with Crippen molar-refractivity contribution in [2.24, 2.45) is 17.8 Å². The fourth-order valence-corrected chi connectivity index (χ4v) is 7.08. The number of hydrogen-bond donors (Lipinski definition) is 1. The Morgan fingerprint density at radius 3 is 1.47 bits per heavy atom. The standard InChI is InChI=1S/C58H63NO7/c1-9-11-13-15-17-19-21-23-24-25-26-27-28-29-30-31-32-33-35-37-39-41-43-45-55(61)59-52(46-63-57-50(5)48(3)49(4)54(64-57)47-62-51(6)60)56-53(65-58(7,8)66-56)44-42-40-38-36-34-22-20-18-16-14-12-10-2/h48-50,52-54,56-57H,10,12,14,16,18,20,22,34,36,38,40,42,44,46-47H2,1-8H3,(H,59,61)/t48-,49-,50?,52-,53+,54?,56-,57-/m0/s1. The van der Waals surface area contributed by atoms with E-state index in [4.69, 9.17) is 23.7 Å². The van der Waals surface area contributed by atoms with Crippen LogP contribution >= 0.6 is 0 Å². The molecule has 0 aromatic rings. The zero-order valence-corrected chi connectivity index (χ0v) is 40.1. The molecule has 8 atom stereocenters. The van der Waals surface area contributed by atoms with Crippen molar-refractivity contribution >= 4 is 11.9 Å². The Kier molecular flexibility index (Phi) is 29.4. The largest absolute Gasteiger partial charge is 0.463 e. The maximum atomic E-state index is 13.3. The molecule has 0 aromatic heterocycles. The zero-order chi connectivity index (χ0) is 48.1. The molecule has 8 heteroatoms. The van der Waals surface area contributed by atoms with Gasteiger partial charge in [-0.05, 0) is 134 Å². The molecular weight excluding hydrogens is 823 g/mol. The van der Waals surface area contributed by atoms with Crippen molar-refractivity contribution in [2.75, 3.05) is 13.2 Å². The van der Waals surface area contributed by atoms with Gasteiger partial charge in [-0.2, -0.15) is 0 Å². The van der Waals surface area contributed by atoms with Gasteiger partial charge in [-0.25, -0.2) is 0 Å². The van der Waals surface area contributed by atoms with E-state index >= 15 is 0 Å². The summed E-state index contributed by atoms with van der Waals surface area (Å²) in [6.07, 6.45) is 14.1. The summed E-state index contributed by atoms with van der Waals surface area (Å²) in [5, 5.41) is 3.01. The molecule has 2 aliphatic rings. The highest BCUT2D eigenvalue weighted by atomic mass is 16.8. The molecule has 0 aromatic carbocycles. The number of hydrogen-bond acceptors (Lipinski definition) is 7. The minimum absolute atomic E-state index is 0.0309. The van der Waals surface area contributed by atoms with Gasteiger partial charge < -0.3 is 29.0 Å². The van der Waals surface area contributed by atoms with Gasteiger partial charge in [0, 0.05) is 54.3 Å². The third kappa shape index (κ3) is 25.7. The van der Waals surface area contributed by atoms with Crippen LogP contribution in [0.3, 0.4) is 0 Å². The third-order valence-corrected chi connectivity index (χ3v) is 10.8. The van der Waals surface area contributed by atoms with Crippen LogP contribution in [0.25, 0.3) is 0 Å². The van der Waals surface area contributed by atoms with Gasteiger partial charge in [-0.15, -0.1) is 0 Å². The number of ether oxygens (including phenoxy) is 5. The van der Waals surface area contributed by atoms with Crippen LogP contribution in [0, 0.1) is 160 Å². The average Bonchev–Trinajstić information content (AvgIpc) is 3.61. The molecule has 2 rings (SSSR count). The van der Waals surface area contributed by atoms with Gasteiger partial charge in [0.05, 0.1) is 24.9 Å². The van der Waals surface area contributed by atoms with E-state index in [-0.39, 0.29) is 49.1 Å². The van der Waals surface area contributed by atoms with Crippen LogP contribution in [0.4, 0.5) is 0 Å². The molecule has 0 aliphatic carbocycles. The van der Waals surface area contributed by atoms with Crippen LogP contribution in [-0.2, 0) is 33.3 Å². The van der Waals surface area contributed by atoms with Gasteiger partial charge in [-0.3, -0.25) is 9.59 Å². The monoisotopic (exact) mass is 885 g/mol. The molecule has 0 spiro atoms. The van der Waals surface area contributed by atoms with Gasteiger partial charge in [0.1, 0.15) is 12.7 Å². The normalized spacial score (nSPS) is 20.4. The molecule has 0 bridgehead atoms. The molecule has 66 heavy (non-hydrogen) atoms. The van der Waals surface area contributed by atoms with Crippen molar-refractivity contribution in [2.45, 2.75) is 175 Å². The molecule has 2 saturated heterocycles. The van der Waals surface area contributed by atoms with Gasteiger partial charge >= 0.3 is 5.97 Å². The first-order chi connectivity index (χ1) is 32.0. The molecule has 342 valence electrons. The van der Waals surface area contributed by atoms with Crippen LogP contribution in [0.2, 0.25) is 0 Å². The second kappa shape index (κ2) is 34.8. The Balaban J connectivity index is 2.06. The average molecular weight is 886 g/mol. The first-order valence-corrected chi connectivity index (χ1v) is 23.0. The van der Waals surface area contributed by atoms with E-state index in [1.165, 1.54) is 71.1 Å². The van der Waals surface area contributed by atoms with Crippen LogP contribution in [0.5, 0.6) is 0 Å². The minimum Gasteiger partial charge on any atom is -0.463 e. The molecule has 8 nitrogen and oxygen atoms in total. The lowest BCUT2D eigenvalue weighted by Crippen LogP contribution is -2.53. The maximum Gasteiger partial charge on any atom is 0.302 e. The molecule has 1 amide bonds. The van der Waals surface area contributed by atoms with Crippen molar-refractivity contribution in [3.8, 4) is 142 Å². The molecule has 0 radical (unpaired) electrons. The van der Waals surface area contributed by atoms with Gasteiger partial charge in [0.15, 0.2) is 12.1 Å². The van der Waals surface area contributed by atoms with Crippen molar-refractivity contribution in [3.63, 3.8) is 0 Å². The van der Waals surface area contributed by atoms with E-state index in [1.807, 2.05) is 13.8 Å². The second-order valence-electron chi connectivity index (χ2n) is 16.3. The van der Waals surface area contributed by atoms with E-state index in [0.29, 0.717) is 0 Å². The van der Waals surface area contributed by atoms with Gasteiger partial charge in [0.25, 0.3) is 5.91 Å². The number of nitrogens with one attached hydrogen (secondary N) is 1. The van der Waals surface area contributed by atoms with Crippen LogP contribution in [-0.4, -0.2) is 61.5 Å². The van der Waals surface area contributed by atoms with E-state index in [2.05, 4.69) is 175 Å². The Hall–Kier alpha value is -6.50. The molecule has 2 unspecified atom stereocenters. The van der Waals surface area contributed by atoms with Crippen LogP contribution in [0.15, 0.2) is 0 Å². The summed E-state index contributed by atoms with van der Waals surface area (Å²) >= 11 is 0. The summed E-state index contributed by atoms with van der Waals surface area (Å²) in [4.78, 5) is 24.9. The lowest BCUT2D eigenvalue weighted by Gasteiger charge is -2.43.